The van der Waals surface area contributed by atoms with Crippen molar-refractivity contribution in [3.63, 3.8) is 0 Å². The summed E-state index contributed by atoms with van der Waals surface area (Å²) < 4.78 is 0. The summed E-state index contributed by atoms with van der Waals surface area (Å²) in [6, 6.07) is 6.18. The number of thioether (sulfide) groups is 1. The van der Waals surface area contributed by atoms with Crippen molar-refractivity contribution in [3.8, 4) is 0 Å². The van der Waals surface area contributed by atoms with Gasteiger partial charge in [0.2, 0.25) is 0 Å². The molecule has 1 nitrogen and oxygen atoms in total. The van der Waals surface area contributed by atoms with Crippen molar-refractivity contribution < 1.29 is 0 Å². The first-order chi connectivity index (χ1) is 6.75. The van der Waals surface area contributed by atoms with Crippen LogP contribution in [0.3, 0.4) is 0 Å². The fourth-order valence-electron chi connectivity index (χ4n) is 1.29. The molecule has 0 heterocycles. The molecule has 0 bridgehead atoms. The minimum Gasteiger partial charge on any atom is -0.399 e. The van der Waals surface area contributed by atoms with Gasteiger partial charge in [-0.2, -0.15) is 11.8 Å². The van der Waals surface area contributed by atoms with Crippen LogP contribution in [0.25, 0.3) is 0 Å². The average molecular weight is 209 g/mol. The van der Waals surface area contributed by atoms with Gasteiger partial charge in [-0.25, -0.2) is 0 Å². The van der Waals surface area contributed by atoms with Gasteiger partial charge in [0, 0.05) is 11.4 Å². The topological polar surface area (TPSA) is 26.0 Å². The van der Waals surface area contributed by atoms with Gasteiger partial charge in [0.1, 0.15) is 0 Å². The lowest BCUT2D eigenvalue weighted by atomic mass is 10.1. The van der Waals surface area contributed by atoms with Crippen LogP contribution in [-0.2, 0) is 5.75 Å². The highest BCUT2D eigenvalue weighted by Crippen LogP contribution is 2.21. The van der Waals surface area contributed by atoms with Crippen molar-refractivity contribution in [1.29, 1.82) is 0 Å². The van der Waals surface area contributed by atoms with Gasteiger partial charge < -0.3 is 5.73 Å². The summed E-state index contributed by atoms with van der Waals surface area (Å²) in [6.07, 6.45) is 2.59. The number of hydrogen-bond donors (Lipinski definition) is 1. The summed E-state index contributed by atoms with van der Waals surface area (Å²) in [5.41, 5.74) is 9.38. The van der Waals surface area contributed by atoms with Gasteiger partial charge in [0.05, 0.1) is 0 Å². The Kier molecular flexibility index (Phi) is 4.88. The molecule has 0 fully saturated rings. The van der Waals surface area contributed by atoms with Crippen molar-refractivity contribution in [1.82, 2.24) is 0 Å². The van der Waals surface area contributed by atoms with E-state index in [1.807, 2.05) is 23.9 Å². The third kappa shape index (κ3) is 3.26. The Morgan fingerprint density at radius 2 is 2.14 bits per heavy atom. The Morgan fingerprint density at radius 1 is 1.36 bits per heavy atom. The number of unbranched alkanes of at least 4 members (excludes halogenated alkanes) is 1. The number of hydrogen-bond acceptors (Lipinski definition) is 2. The molecule has 2 heteroatoms. The lowest BCUT2D eigenvalue weighted by molar-refractivity contribution is 0.896. The maximum absolute atomic E-state index is 5.84. The first kappa shape index (κ1) is 11.4. The summed E-state index contributed by atoms with van der Waals surface area (Å²) >= 11 is 2.00. The van der Waals surface area contributed by atoms with Crippen LogP contribution in [0.5, 0.6) is 0 Å². The van der Waals surface area contributed by atoms with E-state index in [4.69, 9.17) is 5.73 Å². The van der Waals surface area contributed by atoms with E-state index in [-0.39, 0.29) is 0 Å². The van der Waals surface area contributed by atoms with Crippen LogP contribution >= 0.6 is 11.8 Å². The average Bonchev–Trinajstić information content (AvgIpc) is 2.19. The Balaban J connectivity index is 2.46. The maximum Gasteiger partial charge on any atom is 0.0346 e. The zero-order valence-corrected chi connectivity index (χ0v) is 9.86. The summed E-state index contributed by atoms with van der Waals surface area (Å²) in [5, 5.41) is 0. The molecule has 0 saturated heterocycles. The van der Waals surface area contributed by atoms with Crippen LogP contribution in [-0.4, -0.2) is 5.75 Å². The summed E-state index contributed by atoms with van der Waals surface area (Å²) in [7, 11) is 0. The molecule has 1 aromatic carbocycles. The fraction of sp³-hybridized carbons (Fsp3) is 0.500. The smallest absolute Gasteiger partial charge is 0.0346 e. The SMILES string of the molecule is CCCCSCc1cccc(N)c1C. The molecule has 14 heavy (non-hydrogen) atoms. The van der Waals surface area contributed by atoms with Gasteiger partial charge in [0.25, 0.3) is 0 Å². The predicted molar refractivity (Wildman–Crippen MR) is 66.7 cm³/mol. The molecule has 0 atom stereocenters. The van der Waals surface area contributed by atoms with Crippen molar-refractivity contribution in [2.45, 2.75) is 32.4 Å². The predicted octanol–water partition coefficient (Wildman–Crippen LogP) is 3.61. The lowest BCUT2D eigenvalue weighted by Crippen LogP contribution is -1.94. The van der Waals surface area contributed by atoms with Crippen molar-refractivity contribution >= 4 is 17.4 Å². The molecule has 0 amide bonds. The molecular formula is C12H19NS. The van der Waals surface area contributed by atoms with Crippen LogP contribution in [0.4, 0.5) is 5.69 Å². The summed E-state index contributed by atoms with van der Waals surface area (Å²) in [4.78, 5) is 0. The van der Waals surface area contributed by atoms with E-state index in [2.05, 4.69) is 19.9 Å². The van der Waals surface area contributed by atoms with Crippen molar-refractivity contribution in [3.05, 3.63) is 29.3 Å². The quantitative estimate of drug-likeness (QED) is 0.592. The second-order valence-corrected chi connectivity index (χ2v) is 4.64. The van der Waals surface area contributed by atoms with Crippen LogP contribution in [0.2, 0.25) is 0 Å². The molecular weight excluding hydrogens is 190 g/mol. The molecule has 0 unspecified atom stereocenters. The van der Waals surface area contributed by atoms with Crippen LogP contribution < -0.4 is 5.73 Å². The largest absolute Gasteiger partial charge is 0.399 e. The Labute approximate surface area is 91.1 Å². The zero-order chi connectivity index (χ0) is 10.4. The van der Waals surface area contributed by atoms with Crippen LogP contribution in [0, 0.1) is 6.92 Å². The first-order valence-electron chi connectivity index (χ1n) is 5.17. The van der Waals surface area contributed by atoms with E-state index in [0.717, 1.165) is 11.4 Å². The van der Waals surface area contributed by atoms with Crippen molar-refractivity contribution in [2.24, 2.45) is 0 Å². The molecule has 2 N–H and O–H groups in total. The Hall–Kier alpha value is -0.630. The third-order valence-electron chi connectivity index (χ3n) is 2.39. The van der Waals surface area contributed by atoms with Gasteiger partial charge in [-0.3, -0.25) is 0 Å². The standard InChI is InChI=1S/C12H19NS/c1-3-4-8-14-9-11-6-5-7-12(13)10(11)2/h5-7H,3-4,8-9,13H2,1-2H3. The molecule has 0 radical (unpaired) electrons. The molecule has 0 aromatic heterocycles. The second kappa shape index (κ2) is 5.97. The molecule has 0 saturated carbocycles. The first-order valence-corrected chi connectivity index (χ1v) is 6.33. The zero-order valence-electron chi connectivity index (χ0n) is 9.05. The van der Waals surface area contributed by atoms with E-state index in [9.17, 15) is 0 Å². The molecule has 0 spiro atoms. The molecule has 0 aliphatic carbocycles. The number of rotatable bonds is 5. The van der Waals surface area contributed by atoms with E-state index in [0.29, 0.717) is 0 Å². The fourth-order valence-corrected chi connectivity index (χ4v) is 2.46. The van der Waals surface area contributed by atoms with Gasteiger partial charge in [0.15, 0.2) is 0 Å². The van der Waals surface area contributed by atoms with Crippen LogP contribution in [0.15, 0.2) is 18.2 Å². The lowest BCUT2D eigenvalue weighted by Gasteiger charge is -2.07. The maximum atomic E-state index is 5.84. The summed E-state index contributed by atoms with van der Waals surface area (Å²) in [6.45, 7) is 4.33. The number of nitrogen functional groups attached to an aromatic ring is 1. The Bertz CT molecular complexity index is 284. The second-order valence-electron chi connectivity index (χ2n) is 3.54. The highest BCUT2D eigenvalue weighted by atomic mass is 32.2. The van der Waals surface area contributed by atoms with Gasteiger partial charge in [-0.15, -0.1) is 0 Å². The highest BCUT2D eigenvalue weighted by molar-refractivity contribution is 7.98. The molecule has 0 aliphatic rings. The van der Waals surface area contributed by atoms with Gasteiger partial charge >= 0.3 is 0 Å². The molecule has 78 valence electrons. The van der Waals surface area contributed by atoms with E-state index in [1.54, 1.807) is 0 Å². The van der Waals surface area contributed by atoms with Gasteiger partial charge in [-0.1, -0.05) is 25.5 Å². The van der Waals surface area contributed by atoms with Crippen molar-refractivity contribution in [2.75, 3.05) is 11.5 Å². The molecule has 1 aromatic rings. The highest BCUT2D eigenvalue weighted by Gasteiger charge is 2.00. The molecule has 0 aliphatic heterocycles. The summed E-state index contributed by atoms with van der Waals surface area (Å²) in [5.74, 6) is 2.35. The minimum atomic E-state index is 0.915. The van der Waals surface area contributed by atoms with E-state index in [1.165, 1.54) is 29.7 Å². The third-order valence-corrected chi connectivity index (χ3v) is 3.48. The number of anilines is 1. The molecule has 1 rings (SSSR count). The normalized spacial score (nSPS) is 10.4. The number of benzene rings is 1. The van der Waals surface area contributed by atoms with Crippen LogP contribution in [0.1, 0.15) is 30.9 Å². The number of nitrogens with two attached hydrogens (primary N) is 1. The monoisotopic (exact) mass is 209 g/mol. The van der Waals surface area contributed by atoms with E-state index >= 15 is 0 Å². The van der Waals surface area contributed by atoms with E-state index < -0.39 is 0 Å². The minimum absolute atomic E-state index is 0.915. The Morgan fingerprint density at radius 3 is 2.86 bits per heavy atom. The van der Waals surface area contributed by atoms with Gasteiger partial charge in [-0.05, 0) is 36.3 Å².